The van der Waals surface area contributed by atoms with Crippen LogP contribution in [0.15, 0.2) is 24.5 Å². The highest BCUT2D eigenvalue weighted by Gasteiger charge is 2.49. The number of ether oxygens (including phenoxy) is 1. The number of carbonyl (C=O) groups excluding carboxylic acids is 1. The van der Waals surface area contributed by atoms with Crippen LogP contribution in [0.4, 0.5) is 5.69 Å². The maximum absolute atomic E-state index is 13.2. The highest BCUT2D eigenvalue weighted by molar-refractivity contribution is 6.00. The first-order valence-corrected chi connectivity index (χ1v) is 9.29. The summed E-state index contributed by atoms with van der Waals surface area (Å²) in [7, 11) is 0. The summed E-state index contributed by atoms with van der Waals surface area (Å²) in [5.41, 5.74) is 0.778. The Hall–Kier alpha value is -1.46. The number of hydrogen-bond donors (Lipinski definition) is 0. The molecule has 0 N–H and O–H groups in total. The molecule has 3 aliphatic rings. The molecule has 0 aliphatic carbocycles. The van der Waals surface area contributed by atoms with Gasteiger partial charge >= 0.3 is 0 Å². The number of amides is 1. The first kappa shape index (κ1) is 16.0. The molecule has 1 spiro atoms. The summed E-state index contributed by atoms with van der Waals surface area (Å²) in [6.45, 7) is 5.83. The molecule has 0 radical (unpaired) electrons. The van der Waals surface area contributed by atoms with Gasteiger partial charge in [0.25, 0.3) is 0 Å². The summed E-state index contributed by atoms with van der Waals surface area (Å²) in [6.07, 6.45) is 9.04. The van der Waals surface area contributed by atoms with Gasteiger partial charge in [0.05, 0.1) is 17.3 Å². The molecule has 4 heterocycles. The molecule has 5 nitrogen and oxygen atoms in total. The number of piperidine rings is 1. The minimum Gasteiger partial charge on any atom is -0.381 e. The van der Waals surface area contributed by atoms with E-state index in [1.165, 1.54) is 12.8 Å². The third-order valence-corrected chi connectivity index (χ3v) is 5.98. The van der Waals surface area contributed by atoms with E-state index in [0.29, 0.717) is 5.91 Å². The molecule has 3 aliphatic heterocycles. The average molecular weight is 329 g/mol. The van der Waals surface area contributed by atoms with Crippen molar-refractivity contribution in [1.82, 2.24) is 9.88 Å². The Morgan fingerprint density at radius 2 is 2.12 bits per heavy atom. The molecule has 3 fully saturated rings. The molecule has 130 valence electrons. The van der Waals surface area contributed by atoms with Gasteiger partial charge in [-0.25, -0.2) is 0 Å². The van der Waals surface area contributed by atoms with Crippen molar-refractivity contribution < 1.29 is 9.53 Å². The van der Waals surface area contributed by atoms with E-state index in [9.17, 15) is 4.79 Å². The average Bonchev–Trinajstić information content (AvgIpc) is 2.93. The largest absolute Gasteiger partial charge is 0.381 e. The van der Waals surface area contributed by atoms with Crippen molar-refractivity contribution >= 4 is 11.6 Å². The second-order valence-electron chi connectivity index (χ2n) is 7.59. The van der Waals surface area contributed by atoms with Gasteiger partial charge in [-0.05, 0) is 56.7 Å². The molecule has 4 rings (SSSR count). The van der Waals surface area contributed by atoms with Crippen molar-refractivity contribution in [2.45, 2.75) is 32.1 Å². The Morgan fingerprint density at radius 1 is 1.25 bits per heavy atom. The van der Waals surface area contributed by atoms with Gasteiger partial charge in [-0.1, -0.05) is 0 Å². The normalized spacial score (nSPS) is 29.5. The fraction of sp³-hybridized carbons (Fsp3) is 0.684. The molecular formula is C19H27N3O2. The molecule has 1 aromatic heterocycles. The second-order valence-corrected chi connectivity index (χ2v) is 7.59. The number of rotatable bonds is 3. The van der Waals surface area contributed by atoms with Crippen LogP contribution in [-0.4, -0.2) is 55.2 Å². The van der Waals surface area contributed by atoms with Gasteiger partial charge in [0.1, 0.15) is 0 Å². The van der Waals surface area contributed by atoms with Crippen molar-refractivity contribution in [3.8, 4) is 0 Å². The van der Waals surface area contributed by atoms with Crippen LogP contribution in [0.1, 0.15) is 32.1 Å². The van der Waals surface area contributed by atoms with Crippen molar-refractivity contribution in [2.24, 2.45) is 11.3 Å². The van der Waals surface area contributed by atoms with E-state index in [4.69, 9.17) is 4.74 Å². The number of pyridine rings is 1. The van der Waals surface area contributed by atoms with Crippen LogP contribution in [0.3, 0.4) is 0 Å². The van der Waals surface area contributed by atoms with E-state index >= 15 is 0 Å². The Bertz CT molecular complexity index is 573. The SMILES string of the molecule is O=C1N(c2cccnc2)CC[C@]12CCCN(CC1CCOCC1)C2. The zero-order chi connectivity index (χ0) is 16.4. The van der Waals surface area contributed by atoms with Crippen molar-refractivity contribution in [3.63, 3.8) is 0 Å². The molecular weight excluding hydrogens is 302 g/mol. The smallest absolute Gasteiger partial charge is 0.234 e. The van der Waals surface area contributed by atoms with Crippen LogP contribution < -0.4 is 4.90 Å². The topological polar surface area (TPSA) is 45.7 Å². The number of hydrogen-bond acceptors (Lipinski definition) is 4. The summed E-state index contributed by atoms with van der Waals surface area (Å²) in [5, 5.41) is 0. The minimum atomic E-state index is -0.167. The summed E-state index contributed by atoms with van der Waals surface area (Å²) < 4.78 is 5.48. The van der Waals surface area contributed by atoms with Gasteiger partial charge in [-0.2, -0.15) is 0 Å². The predicted molar refractivity (Wildman–Crippen MR) is 92.9 cm³/mol. The Labute approximate surface area is 144 Å². The number of nitrogens with zero attached hydrogens (tertiary/aromatic N) is 3. The highest BCUT2D eigenvalue weighted by Crippen LogP contribution is 2.42. The first-order valence-electron chi connectivity index (χ1n) is 9.29. The monoisotopic (exact) mass is 329 g/mol. The van der Waals surface area contributed by atoms with Gasteiger partial charge in [0, 0.05) is 39.0 Å². The lowest BCUT2D eigenvalue weighted by Crippen LogP contribution is -2.49. The van der Waals surface area contributed by atoms with Gasteiger partial charge in [-0.15, -0.1) is 0 Å². The summed E-state index contributed by atoms with van der Waals surface area (Å²) >= 11 is 0. The van der Waals surface area contributed by atoms with Gasteiger partial charge in [-0.3, -0.25) is 9.78 Å². The highest BCUT2D eigenvalue weighted by atomic mass is 16.5. The second kappa shape index (κ2) is 6.81. The van der Waals surface area contributed by atoms with Crippen LogP contribution in [0.2, 0.25) is 0 Å². The van der Waals surface area contributed by atoms with E-state index in [1.807, 2.05) is 17.0 Å². The lowest BCUT2D eigenvalue weighted by molar-refractivity contribution is -0.128. The number of likely N-dealkylation sites (tertiary alicyclic amines) is 1. The summed E-state index contributed by atoms with van der Waals surface area (Å²) in [6, 6.07) is 3.90. The van der Waals surface area contributed by atoms with E-state index < -0.39 is 0 Å². The molecule has 0 aromatic carbocycles. The fourth-order valence-corrected chi connectivity index (χ4v) is 4.64. The van der Waals surface area contributed by atoms with Crippen LogP contribution in [0.5, 0.6) is 0 Å². The molecule has 1 amide bonds. The molecule has 3 saturated heterocycles. The Morgan fingerprint density at radius 3 is 2.92 bits per heavy atom. The van der Waals surface area contributed by atoms with E-state index in [2.05, 4.69) is 9.88 Å². The van der Waals surface area contributed by atoms with Crippen LogP contribution in [-0.2, 0) is 9.53 Å². The molecule has 24 heavy (non-hydrogen) atoms. The lowest BCUT2D eigenvalue weighted by Gasteiger charge is -2.40. The zero-order valence-corrected chi connectivity index (χ0v) is 14.3. The molecule has 1 atom stereocenters. The molecule has 1 aromatic rings. The number of aromatic nitrogens is 1. The maximum atomic E-state index is 13.2. The standard InChI is InChI=1S/C19H27N3O2/c23-18-19(7-10-22(18)17-3-1-8-20-13-17)6-2-9-21(15-19)14-16-4-11-24-12-5-16/h1,3,8,13,16H,2,4-7,9-12,14-15H2/t19-/m0/s1. The first-order chi connectivity index (χ1) is 11.8. The lowest BCUT2D eigenvalue weighted by atomic mass is 9.78. The number of anilines is 1. The van der Waals surface area contributed by atoms with Gasteiger partial charge in [0.15, 0.2) is 0 Å². The van der Waals surface area contributed by atoms with E-state index in [1.54, 1.807) is 12.4 Å². The zero-order valence-electron chi connectivity index (χ0n) is 14.3. The van der Waals surface area contributed by atoms with Crippen molar-refractivity contribution in [3.05, 3.63) is 24.5 Å². The fourth-order valence-electron chi connectivity index (χ4n) is 4.64. The third-order valence-electron chi connectivity index (χ3n) is 5.98. The van der Waals surface area contributed by atoms with E-state index in [0.717, 1.165) is 70.3 Å². The van der Waals surface area contributed by atoms with Crippen molar-refractivity contribution in [2.75, 3.05) is 44.3 Å². The predicted octanol–water partition coefficient (Wildman–Crippen LogP) is 2.33. The third kappa shape index (κ3) is 3.07. The molecule has 0 bridgehead atoms. The van der Waals surface area contributed by atoms with Gasteiger partial charge in [0.2, 0.25) is 5.91 Å². The quantitative estimate of drug-likeness (QED) is 0.854. The molecule has 5 heteroatoms. The molecule has 0 unspecified atom stereocenters. The van der Waals surface area contributed by atoms with Crippen LogP contribution in [0.25, 0.3) is 0 Å². The maximum Gasteiger partial charge on any atom is 0.234 e. The minimum absolute atomic E-state index is 0.167. The van der Waals surface area contributed by atoms with E-state index in [-0.39, 0.29) is 5.41 Å². The van der Waals surface area contributed by atoms with Crippen LogP contribution in [0, 0.1) is 11.3 Å². The molecule has 0 saturated carbocycles. The van der Waals surface area contributed by atoms with Gasteiger partial charge < -0.3 is 14.5 Å². The number of carbonyl (C=O) groups is 1. The summed E-state index contributed by atoms with van der Waals surface area (Å²) in [4.78, 5) is 21.8. The Balaban J connectivity index is 1.44. The van der Waals surface area contributed by atoms with Crippen molar-refractivity contribution in [1.29, 1.82) is 0 Å². The Kier molecular flexibility index (Phi) is 4.55. The van der Waals surface area contributed by atoms with Crippen LogP contribution >= 0.6 is 0 Å². The summed E-state index contributed by atoms with van der Waals surface area (Å²) in [5.74, 6) is 1.05.